The summed E-state index contributed by atoms with van der Waals surface area (Å²) in [5.41, 5.74) is 2.95. The number of rotatable bonds is 7. The van der Waals surface area contributed by atoms with E-state index in [4.69, 9.17) is 9.84 Å². The Bertz CT molecular complexity index is 352. The predicted octanol–water partition coefficient (Wildman–Crippen LogP) is 1.53. The van der Waals surface area contributed by atoms with Gasteiger partial charge < -0.3 is 15.2 Å². The summed E-state index contributed by atoms with van der Waals surface area (Å²) in [6, 6.07) is 6.45. The number of ether oxygens (including phenoxy) is 1. The molecule has 0 heterocycles. The fourth-order valence-electron chi connectivity index (χ4n) is 2.23. The molecule has 0 atom stereocenters. The Morgan fingerprint density at radius 3 is 2.94 bits per heavy atom. The fraction of sp³-hybridized carbons (Fsp3) is 0.571. The second-order valence-corrected chi connectivity index (χ2v) is 4.46. The summed E-state index contributed by atoms with van der Waals surface area (Å²) < 4.78 is 5.71. The molecule has 94 valence electrons. The third-order valence-electron chi connectivity index (χ3n) is 3.13. The zero-order chi connectivity index (χ0) is 11.9. The molecule has 17 heavy (non-hydrogen) atoms. The van der Waals surface area contributed by atoms with Crippen molar-refractivity contribution in [1.29, 1.82) is 0 Å². The van der Waals surface area contributed by atoms with Crippen molar-refractivity contribution in [2.24, 2.45) is 0 Å². The first-order valence-corrected chi connectivity index (χ1v) is 6.46. The van der Waals surface area contributed by atoms with Gasteiger partial charge in [0.1, 0.15) is 5.75 Å². The van der Waals surface area contributed by atoms with Gasteiger partial charge in [-0.3, -0.25) is 0 Å². The lowest BCUT2D eigenvalue weighted by molar-refractivity contribution is 0.282. The highest BCUT2D eigenvalue weighted by atomic mass is 16.5. The molecule has 1 aromatic rings. The SMILES string of the molecule is OCCNCCCOc1ccc2c(c1)CCC2. The van der Waals surface area contributed by atoms with Gasteiger partial charge in [-0.15, -0.1) is 0 Å². The van der Waals surface area contributed by atoms with Crippen LogP contribution in [0, 0.1) is 0 Å². The Kier molecular flexibility index (Phi) is 4.83. The van der Waals surface area contributed by atoms with Gasteiger partial charge in [0.2, 0.25) is 0 Å². The van der Waals surface area contributed by atoms with Gasteiger partial charge in [0.05, 0.1) is 13.2 Å². The monoisotopic (exact) mass is 235 g/mol. The zero-order valence-corrected chi connectivity index (χ0v) is 10.2. The van der Waals surface area contributed by atoms with Crippen molar-refractivity contribution in [2.75, 3.05) is 26.3 Å². The lowest BCUT2D eigenvalue weighted by atomic mass is 10.1. The third kappa shape index (κ3) is 3.72. The van der Waals surface area contributed by atoms with Gasteiger partial charge in [0.15, 0.2) is 0 Å². The Morgan fingerprint density at radius 2 is 2.06 bits per heavy atom. The molecular formula is C14H21NO2. The molecule has 0 amide bonds. The van der Waals surface area contributed by atoms with Crippen LogP contribution in [-0.4, -0.2) is 31.4 Å². The minimum absolute atomic E-state index is 0.200. The molecular weight excluding hydrogens is 214 g/mol. The summed E-state index contributed by atoms with van der Waals surface area (Å²) in [5.74, 6) is 0.993. The smallest absolute Gasteiger partial charge is 0.119 e. The van der Waals surface area contributed by atoms with Crippen LogP contribution in [0.2, 0.25) is 0 Å². The molecule has 3 nitrogen and oxygen atoms in total. The molecule has 0 aromatic heterocycles. The Morgan fingerprint density at radius 1 is 1.18 bits per heavy atom. The van der Waals surface area contributed by atoms with E-state index in [0.29, 0.717) is 6.54 Å². The maximum atomic E-state index is 8.60. The number of aliphatic hydroxyl groups is 1. The first-order valence-electron chi connectivity index (χ1n) is 6.46. The normalized spacial score (nSPS) is 13.7. The van der Waals surface area contributed by atoms with Crippen LogP contribution in [0.5, 0.6) is 5.75 Å². The predicted molar refractivity (Wildman–Crippen MR) is 68.5 cm³/mol. The molecule has 1 aliphatic rings. The van der Waals surface area contributed by atoms with Crippen LogP contribution in [0.15, 0.2) is 18.2 Å². The van der Waals surface area contributed by atoms with Gasteiger partial charge in [0, 0.05) is 6.54 Å². The highest BCUT2D eigenvalue weighted by Gasteiger charge is 2.10. The molecule has 1 aliphatic carbocycles. The van der Waals surface area contributed by atoms with E-state index in [9.17, 15) is 0 Å². The Hall–Kier alpha value is -1.06. The largest absolute Gasteiger partial charge is 0.494 e. The number of benzene rings is 1. The standard InChI is InChI=1S/C14H21NO2/c16-9-8-15-7-2-10-17-14-6-5-12-3-1-4-13(12)11-14/h5-6,11,15-16H,1-4,7-10H2. The zero-order valence-electron chi connectivity index (χ0n) is 10.2. The van der Waals surface area contributed by atoms with Crippen LogP contribution < -0.4 is 10.1 Å². The second-order valence-electron chi connectivity index (χ2n) is 4.46. The number of aliphatic hydroxyl groups excluding tert-OH is 1. The van der Waals surface area contributed by atoms with Crippen LogP contribution in [0.1, 0.15) is 24.0 Å². The van der Waals surface area contributed by atoms with Gasteiger partial charge in [-0.1, -0.05) is 6.07 Å². The molecule has 2 rings (SSSR count). The summed E-state index contributed by atoms with van der Waals surface area (Å²) in [6.45, 7) is 2.49. The second kappa shape index (κ2) is 6.62. The maximum Gasteiger partial charge on any atom is 0.119 e. The van der Waals surface area contributed by atoms with Crippen LogP contribution in [0.25, 0.3) is 0 Å². The van der Waals surface area contributed by atoms with E-state index in [2.05, 4.69) is 23.5 Å². The van der Waals surface area contributed by atoms with Crippen molar-refractivity contribution in [2.45, 2.75) is 25.7 Å². The van der Waals surface area contributed by atoms with E-state index >= 15 is 0 Å². The Balaban J connectivity index is 1.69. The molecule has 0 spiro atoms. The van der Waals surface area contributed by atoms with E-state index in [1.54, 1.807) is 0 Å². The van der Waals surface area contributed by atoms with Crippen LogP contribution >= 0.6 is 0 Å². The van der Waals surface area contributed by atoms with Gasteiger partial charge in [-0.25, -0.2) is 0 Å². The van der Waals surface area contributed by atoms with Crippen molar-refractivity contribution in [3.63, 3.8) is 0 Å². The fourth-order valence-corrected chi connectivity index (χ4v) is 2.23. The molecule has 2 N–H and O–H groups in total. The molecule has 0 radical (unpaired) electrons. The molecule has 0 unspecified atom stereocenters. The van der Waals surface area contributed by atoms with E-state index in [1.165, 1.54) is 30.4 Å². The topological polar surface area (TPSA) is 41.5 Å². The summed E-state index contributed by atoms with van der Waals surface area (Å²) in [4.78, 5) is 0. The van der Waals surface area contributed by atoms with E-state index in [1.807, 2.05) is 0 Å². The quantitative estimate of drug-likeness (QED) is 0.704. The third-order valence-corrected chi connectivity index (χ3v) is 3.13. The Labute approximate surface area is 103 Å². The molecule has 3 heteroatoms. The first kappa shape index (κ1) is 12.4. The minimum Gasteiger partial charge on any atom is -0.494 e. The first-order chi connectivity index (χ1) is 8.40. The summed E-state index contributed by atoms with van der Waals surface area (Å²) in [7, 11) is 0. The van der Waals surface area contributed by atoms with Crippen molar-refractivity contribution in [3.05, 3.63) is 29.3 Å². The van der Waals surface area contributed by atoms with Crippen molar-refractivity contribution in [1.82, 2.24) is 5.32 Å². The average Bonchev–Trinajstić information content (AvgIpc) is 2.81. The summed E-state index contributed by atoms with van der Waals surface area (Å²) in [6.07, 6.45) is 4.67. The van der Waals surface area contributed by atoms with E-state index in [0.717, 1.165) is 25.3 Å². The lowest BCUT2D eigenvalue weighted by Gasteiger charge is -2.08. The maximum absolute atomic E-state index is 8.60. The number of aryl methyl sites for hydroxylation is 2. The van der Waals surface area contributed by atoms with Crippen molar-refractivity contribution < 1.29 is 9.84 Å². The molecule has 0 fully saturated rings. The van der Waals surface area contributed by atoms with Crippen LogP contribution in [0.4, 0.5) is 0 Å². The highest BCUT2D eigenvalue weighted by molar-refractivity contribution is 5.38. The van der Waals surface area contributed by atoms with E-state index < -0.39 is 0 Å². The van der Waals surface area contributed by atoms with Crippen LogP contribution in [-0.2, 0) is 12.8 Å². The summed E-state index contributed by atoms with van der Waals surface area (Å²) in [5, 5.41) is 11.7. The molecule has 0 bridgehead atoms. The summed E-state index contributed by atoms with van der Waals surface area (Å²) >= 11 is 0. The number of hydrogen-bond donors (Lipinski definition) is 2. The van der Waals surface area contributed by atoms with Gasteiger partial charge >= 0.3 is 0 Å². The van der Waals surface area contributed by atoms with Gasteiger partial charge in [-0.05, 0) is 55.5 Å². The molecule has 1 aromatic carbocycles. The molecule has 0 aliphatic heterocycles. The van der Waals surface area contributed by atoms with E-state index in [-0.39, 0.29) is 6.61 Å². The van der Waals surface area contributed by atoms with Crippen LogP contribution in [0.3, 0.4) is 0 Å². The number of fused-ring (bicyclic) bond motifs is 1. The van der Waals surface area contributed by atoms with Crippen molar-refractivity contribution in [3.8, 4) is 5.75 Å². The minimum atomic E-state index is 0.200. The van der Waals surface area contributed by atoms with Gasteiger partial charge in [-0.2, -0.15) is 0 Å². The molecule has 0 saturated heterocycles. The highest BCUT2D eigenvalue weighted by Crippen LogP contribution is 2.25. The lowest BCUT2D eigenvalue weighted by Crippen LogP contribution is -2.20. The van der Waals surface area contributed by atoms with Gasteiger partial charge in [0.25, 0.3) is 0 Å². The molecule has 0 saturated carbocycles. The number of hydrogen-bond acceptors (Lipinski definition) is 3. The van der Waals surface area contributed by atoms with Crippen molar-refractivity contribution >= 4 is 0 Å². The number of nitrogens with one attached hydrogen (secondary N) is 1. The average molecular weight is 235 g/mol.